The Labute approximate surface area is 174 Å². The number of hydrogen-bond acceptors (Lipinski definition) is 5. The fourth-order valence-corrected chi connectivity index (χ4v) is 4.54. The SMILES string of the molecule is Cn1c(=O)n(C2CCCC2)c2nc(NC3CCN(C(=O)C(F)(F)Br)CC3)ncc21. The molecule has 2 aromatic rings. The van der Waals surface area contributed by atoms with Crippen LogP contribution in [-0.2, 0) is 11.8 Å². The molecule has 158 valence electrons. The van der Waals surface area contributed by atoms with Crippen LogP contribution in [-0.4, -0.2) is 53.9 Å². The van der Waals surface area contributed by atoms with Gasteiger partial charge in [-0.05, 0) is 25.7 Å². The minimum atomic E-state index is -3.53. The number of halogens is 3. The number of piperidine rings is 1. The van der Waals surface area contributed by atoms with Gasteiger partial charge in [0.2, 0.25) is 5.95 Å². The van der Waals surface area contributed by atoms with E-state index in [1.54, 1.807) is 22.4 Å². The highest BCUT2D eigenvalue weighted by molar-refractivity contribution is 9.10. The number of carbonyl (C=O) groups is 1. The molecule has 0 spiro atoms. The van der Waals surface area contributed by atoms with E-state index in [1.165, 1.54) is 0 Å². The number of hydrogen-bond donors (Lipinski definition) is 1. The Morgan fingerprint density at radius 1 is 1.24 bits per heavy atom. The first-order valence-corrected chi connectivity index (χ1v) is 10.6. The summed E-state index contributed by atoms with van der Waals surface area (Å²) in [7, 11) is 1.72. The third-order valence-electron chi connectivity index (χ3n) is 5.88. The van der Waals surface area contributed by atoms with Crippen molar-refractivity contribution in [1.29, 1.82) is 0 Å². The monoisotopic (exact) mass is 472 g/mol. The van der Waals surface area contributed by atoms with Crippen molar-refractivity contribution in [3.05, 3.63) is 16.7 Å². The van der Waals surface area contributed by atoms with Crippen LogP contribution < -0.4 is 11.0 Å². The maximum atomic E-state index is 13.2. The van der Waals surface area contributed by atoms with E-state index in [-0.39, 0.29) is 30.9 Å². The number of rotatable bonds is 4. The predicted molar refractivity (Wildman–Crippen MR) is 107 cm³/mol. The van der Waals surface area contributed by atoms with Crippen LogP contribution in [0.15, 0.2) is 11.0 Å². The number of alkyl halides is 3. The minimum absolute atomic E-state index is 0.0317. The normalized spacial score (nSPS) is 19.2. The average Bonchev–Trinajstić information content (AvgIpc) is 3.28. The second kappa shape index (κ2) is 7.66. The third kappa shape index (κ3) is 3.88. The van der Waals surface area contributed by atoms with Crippen LogP contribution in [0.25, 0.3) is 11.2 Å². The van der Waals surface area contributed by atoms with Gasteiger partial charge in [0.1, 0.15) is 5.52 Å². The summed E-state index contributed by atoms with van der Waals surface area (Å²) in [5.74, 6) is -0.802. The maximum Gasteiger partial charge on any atom is 0.377 e. The Morgan fingerprint density at radius 3 is 2.52 bits per heavy atom. The quantitative estimate of drug-likeness (QED) is 0.691. The van der Waals surface area contributed by atoms with Crippen molar-refractivity contribution in [3.8, 4) is 0 Å². The first-order valence-electron chi connectivity index (χ1n) is 9.82. The van der Waals surface area contributed by atoms with E-state index in [2.05, 4.69) is 31.2 Å². The van der Waals surface area contributed by atoms with Crippen LogP contribution in [0.1, 0.15) is 44.6 Å². The Bertz CT molecular complexity index is 971. The zero-order valence-corrected chi connectivity index (χ0v) is 17.7. The summed E-state index contributed by atoms with van der Waals surface area (Å²) in [6.45, 7) is 0.468. The molecule has 1 aliphatic heterocycles. The summed E-state index contributed by atoms with van der Waals surface area (Å²) in [6, 6.07) is 0.130. The summed E-state index contributed by atoms with van der Waals surface area (Å²) in [5.41, 5.74) is 1.22. The zero-order chi connectivity index (χ0) is 20.8. The summed E-state index contributed by atoms with van der Waals surface area (Å²) in [5, 5.41) is 3.23. The first kappa shape index (κ1) is 20.2. The van der Waals surface area contributed by atoms with Crippen LogP contribution in [0.3, 0.4) is 0 Å². The third-order valence-corrected chi connectivity index (χ3v) is 6.22. The number of anilines is 1. The first-order chi connectivity index (χ1) is 13.8. The molecule has 2 aliphatic rings. The van der Waals surface area contributed by atoms with E-state index in [4.69, 9.17) is 0 Å². The van der Waals surface area contributed by atoms with E-state index >= 15 is 0 Å². The number of fused-ring (bicyclic) bond motifs is 1. The number of likely N-dealkylation sites (tertiary alicyclic amines) is 1. The standard InChI is InChI=1S/C18H23BrF2N6O2/c1-25-13-10-22-16(24-14(13)27(17(25)29)12-4-2-3-5-12)23-11-6-8-26(9-7-11)15(28)18(19,20)21/h10-12H,2-9H2,1H3,(H,22,23,24). The van der Waals surface area contributed by atoms with Crippen LogP contribution >= 0.6 is 15.9 Å². The number of nitrogens with zero attached hydrogens (tertiary/aromatic N) is 5. The lowest BCUT2D eigenvalue weighted by Gasteiger charge is -2.33. The van der Waals surface area contributed by atoms with Crippen LogP contribution in [0.4, 0.5) is 14.7 Å². The Hall–Kier alpha value is -2.04. The highest BCUT2D eigenvalue weighted by Crippen LogP contribution is 2.31. The Balaban J connectivity index is 1.50. The topological polar surface area (TPSA) is 85.0 Å². The molecule has 11 heteroatoms. The fourth-order valence-electron chi connectivity index (χ4n) is 4.29. The summed E-state index contributed by atoms with van der Waals surface area (Å²) in [4.78, 5) is 30.9. The molecule has 0 atom stereocenters. The molecule has 2 fully saturated rings. The van der Waals surface area contributed by atoms with Gasteiger partial charge in [0.05, 0.1) is 6.20 Å². The highest BCUT2D eigenvalue weighted by atomic mass is 79.9. The molecule has 1 saturated carbocycles. The van der Waals surface area contributed by atoms with Gasteiger partial charge in [-0.2, -0.15) is 13.8 Å². The van der Waals surface area contributed by atoms with Crippen LogP contribution in [0.5, 0.6) is 0 Å². The van der Waals surface area contributed by atoms with Crippen molar-refractivity contribution in [3.63, 3.8) is 0 Å². The lowest BCUT2D eigenvalue weighted by atomic mass is 10.1. The van der Waals surface area contributed by atoms with Crippen molar-refractivity contribution in [1.82, 2.24) is 24.0 Å². The summed E-state index contributed by atoms with van der Waals surface area (Å²) in [6.07, 6.45) is 6.82. The average molecular weight is 473 g/mol. The number of aromatic nitrogens is 4. The van der Waals surface area contributed by atoms with E-state index in [9.17, 15) is 18.4 Å². The molecule has 0 bridgehead atoms. The van der Waals surface area contributed by atoms with Gasteiger partial charge in [0.15, 0.2) is 5.65 Å². The van der Waals surface area contributed by atoms with Gasteiger partial charge in [-0.15, -0.1) is 0 Å². The molecule has 4 rings (SSSR count). The van der Waals surface area contributed by atoms with Gasteiger partial charge >= 0.3 is 16.4 Å². The molecule has 1 amide bonds. The maximum absolute atomic E-state index is 13.2. The molecule has 2 aromatic heterocycles. The van der Waals surface area contributed by atoms with Crippen molar-refractivity contribution in [2.24, 2.45) is 7.05 Å². The number of carbonyl (C=O) groups excluding carboxylic acids is 1. The lowest BCUT2D eigenvalue weighted by molar-refractivity contribution is -0.146. The van der Waals surface area contributed by atoms with Gasteiger partial charge in [-0.25, -0.2) is 9.78 Å². The number of nitrogens with one attached hydrogen (secondary N) is 1. The summed E-state index contributed by atoms with van der Waals surface area (Å²) >= 11 is 2.12. The van der Waals surface area contributed by atoms with E-state index in [0.29, 0.717) is 30.0 Å². The predicted octanol–water partition coefficient (Wildman–Crippen LogP) is 2.64. The van der Waals surface area contributed by atoms with Gasteiger partial charge in [0.25, 0.3) is 0 Å². The van der Waals surface area contributed by atoms with E-state index in [0.717, 1.165) is 30.6 Å². The van der Waals surface area contributed by atoms with Gasteiger partial charge in [-0.1, -0.05) is 12.8 Å². The Kier molecular flexibility index (Phi) is 5.34. The Morgan fingerprint density at radius 2 is 1.90 bits per heavy atom. The van der Waals surface area contributed by atoms with Gasteiger partial charge in [0, 0.05) is 48.2 Å². The second-order valence-electron chi connectivity index (χ2n) is 7.76. The van der Waals surface area contributed by atoms with Crippen LogP contribution in [0, 0.1) is 0 Å². The van der Waals surface area contributed by atoms with Crippen molar-refractivity contribution in [2.45, 2.75) is 55.4 Å². The van der Waals surface area contributed by atoms with Crippen molar-refractivity contribution >= 4 is 38.9 Å². The molecule has 1 aliphatic carbocycles. The minimum Gasteiger partial charge on any atom is -0.351 e. The molecular weight excluding hydrogens is 450 g/mol. The molecule has 1 N–H and O–H groups in total. The molecule has 1 saturated heterocycles. The molecule has 0 aromatic carbocycles. The molecule has 8 nitrogen and oxygen atoms in total. The molecule has 0 unspecified atom stereocenters. The molecular formula is C18H23BrF2N6O2. The molecule has 3 heterocycles. The largest absolute Gasteiger partial charge is 0.377 e. The smallest absolute Gasteiger partial charge is 0.351 e. The van der Waals surface area contributed by atoms with Crippen molar-refractivity contribution < 1.29 is 13.6 Å². The van der Waals surface area contributed by atoms with E-state index < -0.39 is 10.7 Å². The summed E-state index contributed by atoms with van der Waals surface area (Å²) < 4.78 is 29.7. The fraction of sp³-hybridized carbons (Fsp3) is 0.667. The number of imidazole rings is 1. The number of amides is 1. The van der Waals surface area contributed by atoms with Crippen molar-refractivity contribution in [2.75, 3.05) is 18.4 Å². The molecule has 29 heavy (non-hydrogen) atoms. The highest BCUT2D eigenvalue weighted by Gasteiger charge is 2.40. The molecule has 0 radical (unpaired) electrons. The lowest BCUT2D eigenvalue weighted by Crippen LogP contribution is -2.47. The zero-order valence-electron chi connectivity index (χ0n) is 16.1. The number of aryl methyl sites for hydroxylation is 1. The van der Waals surface area contributed by atoms with Crippen LogP contribution in [0.2, 0.25) is 0 Å². The van der Waals surface area contributed by atoms with E-state index in [1.807, 2.05) is 0 Å². The van der Waals surface area contributed by atoms with Gasteiger partial charge in [-0.3, -0.25) is 13.9 Å². The second-order valence-corrected chi connectivity index (χ2v) is 8.76. The van der Waals surface area contributed by atoms with Gasteiger partial charge < -0.3 is 10.2 Å².